The Kier molecular flexibility index (Phi) is 4.89. The number of fused-ring (bicyclic) bond motifs is 2. The molecule has 0 radical (unpaired) electrons. The lowest BCUT2D eigenvalue weighted by molar-refractivity contribution is -0.121. The van der Waals surface area contributed by atoms with Gasteiger partial charge in [-0.3, -0.25) is 9.59 Å². The third-order valence-corrected chi connectivity index (χ3v) is 4.90. The number of H-pyrrole nitrogens is 1. The predicted molar refractivity (Wildman–Crippen MR) is 111 cm³/mol. The number of nitrogens with zero attached hydrogens (tertiary/aromatic N) is 1. The topological polar surface area (TPSA) is 74.8 Å². The molecule has 0 aliphatic carbocycles. The number of para-hydroxylation sites is 1. The first-order valence-corrected chi connectivity index (χ1v) is 9.36. The highest BCUT2D eigenvalue weighted by Gasteiger charge is 2.11. The number of rotatable bonds is 5. The summed E-state index contributed by atoms with van der Waals surface area (Å²) < 4.78 is 0. The summed E-state index contributed by atoms with van der Waals surface area (Å²) in [5, 5.41) is 5.91. The van der Waals surface area contributed by atoms with E-state index < -0.39 is 0 Å². The molecular formula is C23H21N3O2. The molecule has 0 fully saturated rings. The quantitative estimate of drug-likeness (QED) is 0.559. The molecule has 1 amide bonds. The van der Waals surface area contributed by atoms with Crippen LogP contribution >= 0.6 is 0 Å². The highest BCUT2D eigenvalue weighted by atomic mass is 16.1. The minimum Gasteiger partial charge on any atom is -0.350 e. The number of benzene rings is 3. The van der Waals surface area contributed by atoms with E-state index in [1.807, 2.05) is 31.2 Å². The van der Waals surface area contributed by atoms with Gasteiger partial charge in [0.1, 0.15) is 5.82 Å². The van der Waals surface area contributed by atoms with Crippen LogP contribution in [0.4, 0.5) is 0 Å². The van der Waals surface area contributed by atoms with Gasteiger partial charge in [0.25, 0.3) is 5.56 Å². The van der Waals surface area contributed by atoms with Crippen molar-refractivity contribution < 1.29 is 4.79 Å². The van der Waals surface area contributed by atoms with Gasteiger partial charge in [-0.25, -0.2) is 4.98 Å². The minimum atomic E-state index is -0.175. The Hall–Kier alpha value is -3.47. The summed E-state index contributed by atoms with van der Waals surface area (Å²) in [5.41, 5.74) is 1.53. The van der Waals surface area contributed by atoms with E-state index >= 15 is 0 Å². The number of nitrogens with one attached hydrogen (secondary N) is 2. The van der Waals surface area contributed by atoms with Gasteiger partial charge in [-0.2, -0.15) is 0 Å². The van der Waals surface area contributed by atoms with Gasteiger partial charge in [-0.05, 0) is 41.5 Å². The second-order valence-corrected chi connectivity index (χ2v) is 6.93. The number of aromatic nitrogens is 2. The first kappa shape index (κ1) is 17.9. The summed E-state index contributed by atoms with van der Waals surface area (Å²) in [6, 6.07) is 21.5. The first-order chi connectivity index (χ1) is 13.6. The van der Waals surface area contributed by atoms with Crippen molar-refractivity contribution in [3.05, 3.63) is 88.5 Å². The van der Waals surface area contributed by atoms with Gasteiger partial charge in [0.15, 0.2) is 0 Å². The van der Waals surface area contributed by atoms with E-state index in [1.165, 1.54) is 5.39 Å². The lowest BCUT2D eigenvalue weighted by Gasteiger charge is -2.15. The first-order valence-electron chi connectivity index (χ1n) is 9.36. The van der Waals surface area contributed by atoms with Gasteiger partial charge in [0.2, 0.25) is 5.91 Å². The standard InChI is InChI=1S/C23H21N3O2/c1-15(17-11-10-16-6-2-3-7-18(16)14-17)24-22(27)13-12-21-25-20-9-5-4-8-19(20)23(28)26-21/h2-11,14-15H,12-13H2,1H3,(H,24,27)(H,25,26,28). The van der Waals surface area contributed by atoms with Crippen molar-refractivity contribution in [2.24, 2.45) is 0 Å². The van der Waals surface area contributed by atoms with Gasteiger partial charge in [0, 0.05) is 12.8 Å². The van der Waals surface area contributed by atoms with Crippen molar-refractivity contribution in [1.82, 2.24) is 15.3 Å². The average Bonchev–Trinajstić information content (AvgIpc) is 2.72. The van der Waals surface area contributed by atoms with Crippen molar-refractivity contribution in [3.63, 3.8) is 0 Å². The van der Waals surface area contributed by atoms with Crippen LogP contribution in [-0.4, -0.2) is 15.9 Å². The third kappa shape index (κ3) is 3.78. The maximum Gasteiger partial charge on any atom is 0.258 e. The average molecular weight is 371 g/mol. The highest BCUT2D eigenvalue weighted by Crippen LogP contribution is 2.20. The number of aryl methyl sites for hydroxylation is 1. The summed E-state index contributed by atoms with van der Waals surface area (Å²) in [5.74, 6) is 0.452. The van der Waals surface area contributed by atoms with Crippen LogP contribution in [0, 0.1) is 0 Å². The van der Waals surface area contributed by atoms with Gasteiger partial charge < -0.3 is 10.3 Å². The van der Waals surface area contributed by atoms with Crippen molar-refractivity contribution in [3.8, 4) is 0 Å². The molecule has 0 aliphatic heterocycles. The molecule has 2 N–H and O–H groups in total. The monoisotopic (exact) mass is 371 g/mol. The van der Waals surface area contributed by atoms with E-state index in [-0.39, 0.29) is 23.9 Å². The summed E-state index contributed by atoms with van der Waals surface area (Å²) in [4.78, 5) is 31.7. The zero-order valence-electron chi connectivity index (χ0n) is 15.6. The van der Waals surface area contributed by atoms with Gasteiger partial charge >= 0.3 is 0 Å². The molecule has 140 valence electrons. The molecule has 5 heteroatoms. The van der Waals surface area contributed by atoms with Crippen LogP contribution in [-0.2, 0) is 11.2 Å². The van der Waals surface area contributed by atoms with E-state index in [9.17, 15) is 9.59 Å². The van der Waals surface area contributed by atoms with Crippen LogP contribution in [0.15, 0.2) is 71.5 Å². The molecular weight excluding hydrogens is 350 g/mol. The molecule has 0 spiro atoms. The maximum absolute atomic E-state index is 12.4. The van der Waals surface area contributed by atoms with Crippen LogP contribution in [0.1, 0.15) is 30.8 Å². The van der Waals surface area contributed by atoms with E-state index in [2.05, 4.69) is 39.6 Å². The Labute approximate surface area is 162 Å². The van der Waals surface area contributed by atoms with Crippen LogP contribution in [0.3, 0.4) is 0 Å². The second kappa shape index (κ2) is 7.64. The van der Waals surface area contributed by atoms with Crippen LogP contribution in [0.5, 0.6) is 0 Å². The fourth-order valence-corrected chi connectivity index (χ4v) is 3.36. The summed E-state index contributed by atoms with van der Waals surface area (Å²) in [6.07, 6.45) is 0.648. The molecule has 3 aromatic carbocycles. The Morgan fingerprint density at radius 2 is 1.79 bits per heavy atom. The van der Waals surface area contributed by atoms with Crippen molar-refractivity contribution in [2.45, 2.75) is 25.8 Å². The van der Waals surface area contributed by atoms with Crippen LogP contribution in [0.2, 0.25) is 0 Å². The molecule has 1 atom stereocenters. The lowest BCUT2D eigenvalue weighted by atomic mass is 10.0. The molecule has 0 aliphatic rings. The summed E-state index contributed by atoms with van der Waals surface area (Å²) >= 11 is 0. The fourth-order valence-electron chi connectivity index (χ4n) is 3.36. The molecule has 1 heterocycles. The van der Waals surface area contributed by atoms with Crippen molar-refractivity contribution in [1.29, 1.82) is 0 Å². The molecule has 0 saturated carbocycles. The molecule has 28 heavy (non-hydrogen) atoms. The molecule has 4 rings (SSSR count). The largest absolute Gasteiger partial charge is 0.350 e. The summed E-state index contributed by atoms with van der Waals surface area (Å²) in [7, 11) is 0. The molecule has 0 saturated heterocycles. The number of amides is 1. The van der Waals surface area contributed by atoms with Crippen LogP contribution < -0.4 is 10.9 Å². The second-order valence-electron chi connectivity index (χ2n) is 6.93. The van der Waals surface area contributed by atoms with Gasteiger partial charge in [0.05, 0.1) is 16.9 Å². The molecule has 1 unspecified atom stereocenters. The summed E-state index contributed by atoms with van der Waals surface area (Å²) in [6.45, 7) is 1.97. The number of hydrogen-bond donors (Lipinski definition) is 2. The smallest absolute Gasteiger partial charge is 0.258 e. The van der Waals surface area contributed by atoms with Crippen molar-refractivity contribution in [2.75, 3.05) is 0 Å². The molecule has 0 bridgehead atoms. The van der Waals surface area contributed by atoms with E-state index in [1.54, 1.807) is 18.2 Å². The van der Waals surface area contributed by atoms with E-state index in [4.69, 9.17) is 0 Å². The zero-order chi connectivity index (χ0) is 19.5. The Morgan fingerprint density at radius 3 is 2.64 bits per heavy atom. The van der Waals surface area contributed by atoms with E-state index in [0.29, 0.717) is 23.1 Å². The van der Waals surface area contributed by atoms with E-state index in [0.717, 1.165) is 10.9 Å². The van der Waals surface area contributed by atoms with Gasteiger partial charge in [-0.15, -0.1) is 0 Å². The molecule has 4 aromatic rings. The normalized spacial score (nSPS) is 12.2. The fraction of sp³-hybridized carbons (Fsp3) is 0.174. The molecule has 5 nitrogen and oxygen atoms in total. The Bertz CT molecular complexity index is 1210. The number of carbonyl (C=O) groups is 1. The predicted octanol–water partition coefficient (Wildman–Crippen LogP) is 3.89. The Balaban J connectivity index is 1.41. The van der Waals surface area contributed by atoms with Gasteiger partial charge in [-0.1, -0.05) is 48.5 Å². The Morgan fingerprint density at radius 1 is 1.04 bits per heavy atom. The number of aromatic amines is 1. The zero-order valence-corrected chi connectivity index (χ0v) is 15.6. The van der Waals surface area contributed by atoms with Crippen LogP contribution in [0.25, 0.3) is 21.7 Å². The highest BCUT2D eigenvalue weighted by molar-refractivity contribution is 5.83. The van der Waals surface area contributed by atoms with Crippen molar-refractivity contribution >= 4 is 27.6 Å². The lowest BCUT2D eigenvalue weighted by Crippen LogP contribution is -2.27. The molecule has 1 aromatic heterocycles. The number of hydrogen-bond acceptors (Lipinski definition) is 3. The number of carbonyl (C=O) groups excluding carboxylic acids is 1. The minimum absolute atomic E-state index is 0.0727. The third-order valence-electron chi connectivity index (χ3n) is 4.90. The SMILES string of the molecule is CC(NC(=O)CCc1nc2ccccc2c(=O)[nH]1)c1ccc2ccccc2c1. The maximum atomic E-state index is 12.4.